The summed E-state index contributed by atoms with van der Waals surface area (Å²) in [6, 6.07) is 8.44. The van der Waals surface area contributed by atoms with Crippen LogP contribution in [0.1, 0.15) is 11.3 Å². The van der Waals surface area contributed by atoms with Gasteiger partial charge in [-0.2, -0.15) is 0 Å². The van der Waals surface area contributed by atoms with Crippen LogP contribution in [0.3, 0.4) is 0 Å². The zero-order valence-electron chi connectivity index (χ0n) is 15.9. The quantitative estimate of drug-likeness (QED) is 0.524. The van der Waals surface area contributed by atoms with Crippen LogP contribution in [0.2, 0.25) is 0 Å². The highest BCUT2D eigenvalue weighted by Gasteiger charge is 2.19. The van der Waals surface area contributed by atoms with Crippen molar-refractivity contribution in [3.8, 4) is 0 Å². The summed E-state index contributed by atoms with van der Waals surface area (Å²) in [5.74, 6) is -0.407. The van der Waals surface area contributed by atoms with Gasteiger partial charge in [0.25, 0.3) is 5.91 Å². The lowest BCUT2D eigenvalue weighted by Crippen LogP contribution is -2.39. The van der Waals surface area contributed by atoms with Gasteiger partial charge in [0.1, 0.15) is 5.82 Å². The Kier molecular flexibility index (Phi) is 6.66. The molecule has 1 aliphatic heterocycles. The second-order valence-corrected chi connectivity index (χ2v) is 8.74. The number of rotatable bonds is 7. The maximum absolute atomic E-state index is 13.6. The summed E-state index contributed by atoms with van der Waals surface area (Å²) in [6.07, 6.45) is 4.26. The molecule has 4 rings (SSSR count). The number of hydrogen-bond acceptors (Lipinski definition) is 6. The van der Waals surface area contributed by atoms with Crippen LogP contribution in [0.25, 0.3) is 16.3 Å². The number of thiazole rings is 1. The van der Waals surface area contributed by atoms with Crippen molar-refractivity contribution in [1.82, 2.24) is 9.88 Å². The first-order valence-corrected chi connectivity index (χ1v) is 11.3. The first kappa shape index (κ1) is 20.2. The molecular weight excluding hydrogens is 409 g/mol. The minimum Gasteiger partial charge on any atom is -0.379 e. The van der Waals surface area contributed by atoms with Crippen molar-refractivity contribution in [1.29, 1.82) is 0 Å². The molecule has 0 aliphatic carbocycles. The number of thiophene rings is 1. The molecule has 0 spiro atoms. The lowest BCUT2D eigenvalue weighted by Gasteiger charge is -2.27. The Balaban J connectivity index is 1.50. The van der Waals surface area contributed by atoms with E-state index in [0.29, 0.717) is 17.2 Å². The Labute approximate surface area is 177 Å². The molecule has 0 atom stereocenters. The summed E-state index contributed by atoms with van der Waals surface area (Å²) >= 11 is 2.93. The van der Waals surface area contributed by atoms with Gasteiger partial charge in [-0.15, -0.1) is 11.3 Å². The third-order valence-electron chi connectivity index (χ3n) is 4.73. The van der Waals surface area contributed by atoms with E-state index in [0.717, 1.165) is 48.8 Å². The fraction of sp³-hybridized carbons (Fsp3) is 0.333. The van der Waals surface area contributed by atoms with Crippen LogP contribution < -0.4 is 4.90 Å². The number of amides is 1. The van der Waals surface area contributed by atoms with Gasteiger partial charge in [-0.25, -0.2) is 9.37 Å². The first-order valence-electron chi connectivity index (χ1n) is 9.58. The van der Waals surface area contributed by atoms with Crippen molar-refractivity contribution < 1.29 is 13.9 Å². The van der Waals surface area contributed by atoms with Crippen molar-refractivity contribution in [3.63, 3.8) is 0 Å². The van der Waals surface area contributed by atoms with E-state index in [-0.39, 0.29) is 11.7 Å². The molecular formula is C21H22FN3O2S2. The van der Waals surface area contributed by atoms with Crippen LogP contribution in [-0.2, 0) is 9.53 Å². The largest absolute Gasteiger partial charge is 0.379 e. The molecule has 1 aliphatic rings. The van der Waals surface area contributed by atoms with Gasteiger partial charge in [-0.05, 0) is 42.1 Å². The minimum absolute atomic E-state index is 0.111. The molecule has 152 valence electrons. The number of nitrogens with zero attached hydrogens (tertiary/aromatic N) is 3. The molecule has 0 saturated carbocycles. The van der Waals surface area contributed by atoms with Gasteiger partial charge in [-0.3, -0.25) is 14.6 Å². The Morgan fingerprint density at radius 1 is 1.31 bits per heavy atom. The molecule has 5 nitrogen and oxygen atoms in total. The number of fused-ring (bicyclic) bond motifs is 1. The van der Waals surface area contributed by atoms with Crippen molar-refractivity contribution >= 4 is 50.0 Å². The zero-order valence-corrected chi connectivity index (χ0v) is 17.6. The van der Waals surface area contributed by atoms with Crippen LogP contribution in [0.5, 0.6) is 0 Å². The molecule has 29 heavy (non-hydrogen) atoms. The summed E-state index contributed by atoms with van der Waals surface area (Å²) in [5.41, 5.74) is 0.708. The van der Waals surface area contributed by atoms with Crippen molar-refractivity contribution in [2.24, 2.45) is 0 Å². The number of ether oxygens (including phenoxy) is 1. The average molecular weight is 432 g/mol. The van der Waals surface area contributed by atoms with Gasteiger partial charge >= 0.3 is 0 Å². The van der Waals surface area contributed by atoms with Gasteiger partial charge in [0, 0.05) is 37.1 Å². The van der Waals surface area contributed by atoms with E-state index < -0.39 is 0 Å². The van der Waals surface area contributed by atoms with E-state index in [4.69, 9.17) is 4.74 Å². The van der Waals surface area contributed by atoms with E-state index >= 15 is 0 Å². The van der Waals surface area contributed by atoms with Crippen LogP contribution in [0.4, 0.5) is 9.52 Å². The third kappa shape index (κ3) is 5.27. The predicted molar refractivity (Wildman–Crippen MR) is 117 cm³/mol. The summed E-state index contributed by atoms with van der Waals surface area (Å²) in [6.45, 7) is 4.83. The maximum atomic E-state index is 13.6. The van der Waals surface area contributed by atoms with Gasteiger partial charge in [-0.1, -0.05) is 17.4 Å². The lowest BCUT2D eigenvalue weighted by molar-refractivity contribution is -0.114. The fourth-order valence-electron chi connectivity index (χ4n) is 3.21. The number of carbonyl (C=O) groups excluding carboxylic acids is 1. The number of halogens is 1. The zero-order chi connectivity index (χ0) is 20.1. The van der Waals surface area contributed by atoms with Crippen LogP contribution in [-0.4, -0.2) is 55.2 Å². The maximum Gasteiger partial charge on any atom is 0.252 e. The van der Waals surface area contributed by atoms with Crippen molar-refractivity contribution in [2.75, 3.05) is 44.3 Å². The van der Waals surface area contributed by atoms with Gasteiger partial charge in [0.2, 0.25) is 0 Å². The number of benzene rings is 1. The molecule has 0 N–H and O–H groups in total. The Hall–Kier alpha value is -2.13. The monoisotopic (exact) mass is 431 g/mol. The summed E-state index contributed by atoms with van der Waals surface area (Å²) in [5, 5.41) is 2.58. The highest BCUT2D eigenvalue weighted by molar-refractivity contribution is 7.22. The van der Waals surface area contributed by atoms with Crippen molar-refractivity contribution in [2.45, 2.75) is 6.42 Å². The molecule has 0 radical (unpaired) electrons. The second-order valence-electron chi connectivity index (χ2n) is 6.75. The SMILES string of the molecule is O=C(/C=C/c1cccs1)N(CCCN1CCOCC1)c1nc2ccc(F)cc2s1. The highest BCUT2D eigenvalue weighted by Crippen LogP contribution is 2.30. The predicted octanol–water partition coefficient (Wildman–Crippen LogP) is 4.27. The molecule has 1 saturated heterocycles. The number of hydrogen-bond donors (Lipinski definition) is 0. The Morgan fingerprint density at radius 3 is 2.97 bits per heavy atom. The van der Waals surface area contributed by atoms with E-state index in [1.165, 1.54) is 23.5 Å². The normalized spacial score (nSPS) is 15.3. The molecule has 0 unspecified atom stereocenters. The molecule has 3 aromatic rings. The van der Waals surface area contributed by atoms with Gasteiger partial charge in [0.15, 0.2) is 5.13 Å². The van der Waals surface area contributed by atoms with E-state index in [9.17, 15) is 9.18 Å². The molecule has 3 heterocycles. The van der Waals surface area contributed by atoms with Crippen molar-refractivity contribution in [3.05, 3.63) is 52.5 Å². The summed E-state index contributed by atoms with van der Waals surface area (Å²) in [7, 11) is 0. The molecule has 0 bridgehead atoms. The smallest absolute Gasteiger partial charge is 0.252 e. The molecule has 1 aromatic carbocycles. The second kappa shape index (κ2) is 9.58. The lowest BCUT2D eigenvalue weighted by atomic mass is 10.3. The number of aromatic nitrogens is 1. The van der Waals surface area contributed by atoms with Crippen LogP contribution in [0, 0.1) is 5.82 Å². The van der Waals surface area contributed by atoms with Gasteiger partial charge < -0.3 is 4.74 Å². The number of anilines is 1. The Bertz CT molecular complexity index is 981. The van der Waals surface area contributed by atoms with E-state index in [1.54, 1.807) is 28.4 Å². The topological polar surface area (TPSA) is 45.7 Å². The molecule has 8 heteroatoms. The van der Waals surface area contributed by atoms with Crippen LogP contribution >= 0.6 is 22.7 Å². The highest BCUT2D eigenvalue weighted by atomic mass is 32.1. The average Bonchev–Trinajstić information content (AvgIpc) is 3.39. The molecule has 1 amide bonds. The van der Waals surface area contributed by atoms with E-state index in [2.05, 4.69) is 9.88 Å². The minimum atomic E-state index is -0.296. The van der Waals surface area contributed by atoms with Crippen LogP contribution in [0.15, 0.2) is 41.8 Å². The van der Waals surface area contributed by atoms with Gasteiger partial charge in [0.05, 0.1) is 23.4 Å². The summed E-state index contributed by atoms with van der Waals surface area (Å²) in [4.78, 5) is 22.6. The fourth-order valence-corrected chi connectivity index (χ4v) is 4.85. The number of morpholine rings is 1. The first-order chi connectivity index (χ1) is 14.2. The number of carbonyl (C=O) groups is 1. The molecule has 1 fully saturated rings. The standard InChI is InChI=1S/C21H22FN3O2S2/c22-16-4-6-18-19(15-16)29-21(23-18)25(9-2-8-24-10-12-27-13-11-24)20(26)7-5-17-3-1-14-28-17/h1,3-7,14-15H,2,8-13H2/b7-5+. The third-order valence-corrected chi connectivity index (χ3v) is 6.61. The van der Waals surface area contributed by atoms with E-state index in [1.807, 2.05) is 23.6 Å². The summed E-state index contributed by atoms with van der Waals surface area (Å²) < 4.78 is 19.7. The molecule has 2 aromatic heterocycles. The Morgan fingerprint density at radius 2 is 2.17 bits per heavy atom.